The fourth-order valence-electron chi connectivity index (χ4n) is 4.28. The molecule has 1 N–H and O–H groups in total. The van der Waals surface area contributed by atoms with Crippen molar-refractivity contribution in [2.24, 2.45) is 0 Å². The monoisotopic (exact) mass is 461 g/mol. The lowest BCUT2D eigenvalue weighted by molar-refractivity contribution is -0.140. The summed E-state index contributed by atoms with van der Waals surface area (Å²) >= 11 is 0. The molecular weight excluding hydrogens is 438 g/mol. The SMILES string of the molecule is CCOc1ccccc1C1/C(=C(\O)c2ccc3c(c2)OCCO3)C(=O)C(=O)N1Cc1ccco1. The van der Waals surface area contributed by atoms with Gasteiger partial charge in [-0.15, -0.1) is 0 Å². The summed E-state index contributed by atoms with van der Waals surface area (Å²) in [5.74, 6) is 0.246. The van der Waals surface area contributed by atoms with E-state index in [1.165, 1.54) is 11.2 Å². The number of likely N-dealkylation sites (tertiary alicyclic amines) is 1. The molecule has 0 bridgehead atoms. The molecule has 5 rings (SSSR count). The fraction of sp³-hybridized carbons (Fsp3) is 0.231. The Hall–Kier alpha value is -4.20. The third-order valence-electron chi connectivity index (χ3n) is 5.78. The molecule has 1 unspecified atom stereocenters. The van der Waals surface area contributed by atoms with E-state index in [4.69, 9.17) is 18.6 Å². The topological polar surface area (TPSA) is 98.4 Å². The van der Waals surface area contributed by atoms with Crippen LogP contribution in [0, 0.1) is 0 Å². The number of aliphatic hydroxyl groups is 1. The van der Waals surface area contributed by atoms with Crippen LogP contribution in [0.3, 0.4) is 0 Å². The van der Waals surface area contributed by atoms with Crippen LogP contribution >= 0.6 is 0 Å². The van der Waals surface area contributed by atoms with Crippen LogP contribution in [0.5, 0.6) is 17.2 Å². The van der Waals surface area contributed by atoms with E-state index in [-0.39, 0.29) is 17.9 Å². The lowest BCUT2D eigenvalue weighted by atomic mass is 9.94. The number of carbonyl (C=O) groups excluding carboxylic acids is 2. The molecule has 3 heterocycles. The molecule has 8 heteroatoms. The Morgan fingerprint density at radius 3 is 2.62 bits per heavy atom. The van der Waals surface area contributed by atoms with Gasteiger partial charge in [-0.25, -0.2) is 0 Å². The van der Waals surface area contributed by atoms with Crippen molar-refractivity contribution >= 4 is 17.4 Å². The highest BCUT2D eigenvalue weighted by Gasteiger charge is 2.47. The molecule has 2 aliphatic rings. The molecule has 1 amide bonds. The largest absolute Gasteiger partial charge is 0.507 e. The van der Waals surface area contributed by atoms with Gasteiger partial charge in [-0.1, -0.05) is 18.2 Å². The van der Waals surface area contributed by atoms with Crippen LogP contribution in [-0.4, -0.2) is 41.5 Å². The lowest BCUT2D eigenvalue weighted by Crippen LogP contribution is -2.29. The van der Waals surface area contributed by atoms with Crippen LogP contribution in [0.1, 0.15) is 29.9 Å². The predicted octanol–water partition coefficient (Wildman–Crippen LogP) is 4.07. The van der Waals surface area contributed by atoms with Gasteiger partial charge in [-0.05, 0) is 43.3 Å². The smallest absolute Gasteiger partial charge is 0.296 e. The third-order valence-corrected chi connectivity index (χ3v) is 5.78. The maximum atomic E-state index is 13.3. The van der Waals surface area contributed by atoms with Crippen LogP contribution in [0.2, 0.25) is 0 Å². The van der Waals surface area contributed by atoms with Crippen molar-refractivity contribution in [1.82, 2.24) is 4.90 Å². The number of benzene rings is 2. The minimum atomic E-state index is -0.874. The molecular formula is C26H23NO7. The first-order valence-electron chi connectivity index (χ1n) is 11.0. The van der Waals surface area contributed by atoms with Crippen LogP contribution in [0.25, 0.3) is 5.76 Å². The van der Waals surface area contributed by atoms with Crippen molar-refractivity contribution in [3.63, 3.8) is 0 Å². The number of Topliss-reactive ketones (excluding diaryl/α,β-unsaturated/α-hetero) is 1. The van der Waals surface area contributed by atoms with Crippen LogP contribution in [0.15, 0.2) is 70.9 Å². The van der Waals surface area contributed by atoms with Gasteiger partial charge < -0.3 is 28.6 Å². The van der Waals surface area contributed by atoms with E-state index in [0.29, 0.717) is 54.0 Å². The Morgan fingerprint density at radius 1 is 1.06 bits per heavy atom. The maximum Gasteiger partial charge on any atom is 0.296 e. The Bertz CT molecular complexity index is 1260. The van der Waals surface area contributed by atoms with E-state index < -0.39 is 17.7 Å². The summed E-state index contributed by atoms with van der Waals surface area (Å²) in [7, 11) is 0. The molecule has 0 aliphatic carbocycles. The highest BCUT2D eigenvalue weighted by molar-refractivity contribution is 6.46. The van der Waals surface area contributed by atoms with Crippen molar-refractivity contribution in [2.75, 3.05) is 19.8 Å². The van der Waals surface area contributed by atoms with Crippen molar-refractivity contribution in [1.29, 1.82) is 0 Å². The van der Waals surface area contributed by atoms with E-state index in [0.717, 1.165) is 0 Å². The van der Waals surface area contributed by atoms with Crippen molar-refractivity contribution in [3.8, 4) is 17.2 Å². The third kappa shape index (κ3) is 3.77. The summed E-state index contributed by atoms with van der Waals surface area (Å²) in [6.07, 6.45) is 1.50. The summed E-state index contributed by atoms with van der Waals surface area (Å²) in [6.45, 7) is 3.13. The van der Waals surface area contributed by atoms with Gasteiger partial charge in [0.2, 0.25) is 0 Å². The first-order valence-corrected chi connectivity index (χ1v) is 11.0. The zero-order chi connectivity index (χ0) is 23.7. The Balaban J connectivity index is 1.66. The van der Waals surface area contributed by atoms with E-state index in [2.05, 4.69) is 0 Å². The molecule has 0 saturated carbocycles. The number of carbonyl (C=O) groups is 2. The van der Waals surface area contributed by atoms with Gasteiger partial charge in [0, 0.05) is 11.1 Å². The number of hydrogen-bond acceptors (Lipinski definition) is 7. The van der Waals surface area contributed by atoms with Gasteiger partial charge in [-0.2, -0.15) is 0 Å². The number of ketones is 1. The lowest BCUT2D eigenvalue weighted by Gasteiger charge is -2.26. The van der Waals surface area contributed by atoms with E-state index in [1.54, 1.807) is 48.5 Å². The second-order valence-electron chi connectivity index (χ2n) is 7.84. The molecule has 0 spiro atoms. The summed E-state index contributed by atoms with van der Waals surface area (Å²) in [5, 5.41) is 11.3. The van der Waals surface area contributed by atoms with Crippen molar-refractivity contribution in [2.45, 2.75) is 19.5 Å². The average Bonchev–Trinajstić information content (AvgIpc) is 3.46. The van der Waals surface area contributed by atoms with Gasteiger partial charge >= 0.3 is 0 Å². The fourth-order valence-corrected chi connectivity index (χ4v) is 4.28. The molecule has 34 heavy (non-hydrogen) atoms. The normalized spacial score (nSPS) is 18.9. The second kappa shape index (κ2) is 8.97. The number of ether oxygens (including phenoxy) is 3. The number of aliphatic hydroxyl groups excluding tert-OH is 1. The van der Waals surface area contributed by atoms with Crippen molar-refractivity contribution < 1.29 is 33.3 Å². The van der Waals surface area contributed by atoms with Gasteiger partial charge in [0.25, 0.3) is 11.7 Å². The molecule has 1 saturated heterocycles. The number of furan rings is 1. The quantitative estimate of drug-likeness (QED) is 0.336. The highest BCUT2D eigenvalue weighted by atomic mass is 16.6. The van der Waals surface area contributed by atoms with Crippen LogP contribution in [0.4, 0.5) is 0 Å². The summed E-state index contributed by atoms with van der Waals surface area (Å²) in [4.78, 5) is 27.8. The number of hydrogen-bond donors (Lipinski definition) is 1. The Kier molecular flexibility index (Phi) is 5.71. The number of fused-ring (bicyclic) bond motifs is 1. The molecule has 2 aliphatic heterocycles. The molecule has 1 atom stereocenters. The Labute approximate surface area is 196 Å². The Morgan fingerprint density at radius 2 is 1.85 bits per heavy atom. The second-order valence-corrected chi connectivity index (χ2v) is 7.84. The standard InChI is InChI=1S/C26H23NO7/c1-2-31-19-8-4-3-7-18(19)23-22(25(29)26(30)27(23)15-17-6-5-11-32-17)24(28)16-9-10-20-21(14-16)34-13-12-33-20/h3-11,14,23,28H,2,12-13,15H2,1H3/b24-22+. The summed E-state index contributed by atoms with van der Waals surface area (Å²) in [6, 6.07) is 14.7. The molecule has 1 aromatic heterocycles. The summed E-state index contributed by atoms with van der Waals surface area (Å²) < 4.78 is 22.4. The zero-order valence-corrected chi connectivity index (χ0v) is 18.5. The molecule has 0 radical (unpaired) electrons. The van der Waals surface area contributed by atoms with E-state index >= 15 is 0 Å². The number of para-hydroxylation sites is 1. The zero-order valence-electron chi connectivity index (χ0n) is 18.5. The summed E-state index contributed by atoms with van der Waals surface area (Å²) in [5.41, 5.74) is 0.911. The van der Waals surface area contributed by atoms with Crippen LogP contribution in [-0.2, 0) is 16.1 Å². The van der Waals surface area contributed by atoms with E-state index in [9.17, 15) is 14.7 Å². The van der Waals surface area contributed by atoms with Crippen LogP contribution < -0.4 is 14.2 Å². The van der Waals surface area contributed by atoms with Gasteiger partial charge in [0.15, 0.2) is 11.5 Å². The maximum absolute atomic E-state index is 13.3. The number of nitrogens with zero attached hydrogens (tertiary/aromatic N) is 1. The predicted molar refractivity (Wildman–Crippen MR) is 122 cm³/mol. The van der Waals surface area contributed by atoms with Gasteiger partial charge in [-0.3, -0.25) is 9.59 Å². The molecule has 3 aromatic rings. The molecule has 8 nitrogen and oxygen atoms in total. The number of rotatable bonds is 6. The van der Waals surface area contributed by atoms with E-state index in [1.807, 2.05) is 13.0 Å². The first-order chi connectivity index (χ1) is 16.6. The molecule has 2 aromatic carbocycles. The number of amides is 1. The minimum Gasteiger partial charge on any atom is -0.507 e. The van der Waals surface area contributed by atoms with Crippen molar-refractivity contribution in [3.05, 3.63) is 83.3 Å². The first kappa shape index (κ1) is 21.6. The minimum absolute atomic E-state index is 0.0274. The molecule has 174 valence electrons. The highest BCUT2D eigenvalue weighted by Crippen LogP contribution is 2.44. The molecule has 1 fully saturated rings. The van der Waals surface area contributed by atoms with Gasteiger partial charge in [0.05, 0.1) is 31.0 Å². The average molecular weight is 461 g/mol. The van der Waals surface area contributed by atoms with Gasteiger partial charge in [0.1, 0.15) is 30.5 Å².